The van der Waals surface area contributed by atoms with E-state index in [0.717, 1.165) is 16.4 Å². The van der Waals surface area contributed by atoms with E-state index in [9.17, 15) is 21.6 Å². The van der Waals surface area contributed by atoms with Gasteiger partial charge in [-0.2, -0.15) is 13.2 Å². The SMILES string of the molecule is COCCCN(C)S(=O)(=O)c1ccc(Cl)cc1C(F)(F)F. The van der Waals surface area contributed by atoms with Crippen molar-refractivity contribution in [3.8, 4) is 0 Å². The topological polar surface area (TPSA) is 46.6 Å². The molecule has 0 aliphatic heterocycles. The zero-order chi connectivity index (χ0) is 16.3. The van der Waals surface area contributed by atoms with Gasteiger partial charge >= 0.3 is 6.18 Å². The van der Waals surface area contributed by atoms with Gasteiger partial charge in [-0.1, -0.05) is 11.6 Å². The fraction of sp³-hybridized carbons (Fsp3) is 0.500. The van der Waals surface area contributed by atoms with E-state index in [4.69, 9.17) is 16.3 Å². The standard InChI is InChI=1S/C12H15ClF3NO3S/c1-17(6-3-7-20-2)21(18,19)11-5-4-9(13)8-10(11)12(14,15)16/h4-5,8H,3,6-7H2,1-2H3. The molecule has 0 fully saturated rings. The van der Waals surface area contributed by atoms with Gasteiger partial charge in [-0.15, -0.1) is 0 Å². The molecule has 0 aliphatic carbocycles. The summed E-state index contributed by atoms with van der Waals surface area (Å²) in [5, 5.41) is -0.177. The lowest BCUT2D eigenvalue weighted by Gasteiger charge is -2.20. The molecule has 120 valence electrons. The molecule has 0 bridgehead atoms. The van der Waals surface area contributed by atoms with Gasteiger partial charge in [0.1, 0.15) is 0 Å². The Labute approximate surface area is 126 Å². The first-order chi connectivity index (χ1) is 9.60. The molecule has 0 saturated heterocycles. The minimum atomic E-state index is -4.80. The van der Waals surface area contributed by atoms with Crippen LogP contribution in [0, 0.1) is 0 Å². The van der Waals surface area contributed by atoms with Crippen LogP contribution in [0.25, 0.3) is 0 Å². The van der Waals surface area contributed by atoms with E-state index in [0.29, 0.717) is 19.1 Å². The van der Waals surface area contributed by atoms with Gasteiger partial charge in [0.2, 0.25) is 10.0 Å². The summed E-state index contributed by atoms with van der Waals surface area (Å²) >= 11 is 5.53. The lowest BCUT2D eigenvalue weighted by Crippen LogP contribution is -2.30. The van der Waals surface area contributed by atoms with Crippen molar-refractivity contribution >= 4 is 21.6 Å². The van der Waals surface area contributed by atoms with E-state index in [2.05, 4.69) is 0 Å². The summed E-state index contributed by atoms with van der Waals surface area (Å²) in [6.07, 6.45) is -4.43. The van der Waals surface area contributed by atoms with Crippen LogP contribution in [0.2, 0.25) is 5.02 Å². The molecule has 0 N–H and O–H groups in total. The van der Waals surface area contributed by atoms with E-state index in [1.54, 1.807) is 0 Å². The minimum absolute atomic E-state index is 0.0517. The van der Waals surface area contributed by atoms with Crippen molar-refractivity contribution in [2.24, 2.45) is 0 Å². The maximum absolute atomic E-state index is 13.0. The third-order valence-corrected chi connectivity index (χ3v) is 4.91. The molecule has 0 unspecified atom stereocenters. The normalized spacial score (nSPS) is 12.9. The zero-order valence-electron chi connectivity index (χ0n) is 11.4. The molecule has 1 rings (SSSR count). The Balaban J connectivity index is 3.20. The van der Waals surface area contributed by atoms with Crippen molar-refractivity contribution in [3.05, 3.63) is 28.8 Å². The predicted molar refractivity (Wildman–Crippen MR) is 72.8 cm³/mol. The Morgan fingerprint density at radius 1 is 1.33 bits per heavy atom. The molecular formula is C12H15ClF3NO3S. The minimum Gasteiger partial charge on any atom is -0.385 e. The highest BCUT2D eigenvalue weighted by Crippen LogP contribution is 2.36. The first-order valence-corrected chi connectivity index (χ1v) is 7.74. The first-order valence-electron chi connectivity index (χ1n) is 5.92. The largest absolute Gasteiger partial charge is 0.417 e. The summed E-state index contributed by atoms with van der Waals surface area (Å²) in [6.45, 7) is 0.364. The molecule has 0 amide bonds. The zero-order valence-corrected chi connectivity index (χ0v) is 13.0. The predicted octanol–water partition coefficient (Wildman–Crippen LogP) is 3.02. The van der Waals surface area contributed by atoms with Gasteiger partial charge in [0.05, 0.1) is 10.5 Å². The molecule has 1 aromatic carbocycles. The highest BCUT2D eigenvalue weighted by molar-refractivity contribution is 7.89. The van der Waals surface area contributed by atoms with Crippen LogP contribution in [0.3, 0.4) is 0 Å². The second-order valence-electron chi connectivity index (χ2n) is 4.31. The highest BCUT2D eigenvalue weighted by Gasteiger charge is 2.38. The lowest BCUT2D eigenvalue weighted by molar-refractivity contribution is -0.139. The van der Waals surface area contributed by atoms with Gasteiger partial charge in [-0.3, -0.25) is 0 Å². The Kier molecular flexibility index (Phi) is 6.03. The number of methoxy groups -OCH3 is 1. The molecular weight excluding hydrogens is 331 g/mol. The van der Waals surface area contributed by atoms with Crippen molar-refractivity contribution in [1.29, 1.82) is 0 Å². The molecule has 0 spiro atoms. The number of benzene rings is 1. The van der Waals surface area contributed by atoms with Crippen LogP contribution in [0.1, 0.15) is 12.0 Å². The average molecular weight is 346 g/mol. The maximum atomic E-state index is 13.0. The second-order valence-corrected chi connectivity index (χ2v) is 6.76. The molecule has 0 atom stereocenters. The van der Waals surface area contributed by atoms with E-state index in [1.807, 2.05) is 0 Å². The van der Waals surface area contributed by atoms with Crippen LogP contribution in [0.15, 0.2) is 23.1 Å². The van der Waals surface area contributed by atoms with E-state index < -0.39 is 26.7 Å². The molecule has 21 heavy (non-hydrogen) atoms. The van der Waals surface area contributed by atoms with Crippen LogP contribution < -0.4 is 0 Å². The number of alkyl halides is 3. The van der Waals surface area contributed by atoms with Crippen molar-refractivity contribution in [3.63, 3.8) is 0 Å². The molecule has 1 aromatic rings. The molecule has 0 aliphatic rings. The van der Waals surface area contributed by atoms with E-state index in [1.165, 1.54) is 14.2 Å². The van der Waals surface area contributed by atoms with Gasteiger partial charge < -0.3 is 4.74 Å². The average Bonchev–Trinajstić information content (AvgIpc) is 2.37. The summed E-state index contributed by atoms with van der Waals surface area (Å²) in [5.74, 6) is 0. The molecule has 0 radical (unpaired) electrons. The number of sulfonamides is 1. The second kappa shape index (κ2) is 6.95. The van der Waals surface area contributed by atoms with Crippen molar-refractivity contribution in [2.45, 2.75) is 17.5 Å². The number of ether oxygens (including phenoxy) is 1. The van der Waals surface area contributed by atoms with Gasteiger partial charge in [0.15, 0.2) is 0 Å². The Bertz CT molecular complexity index is 590. The summed E-state index contributed by atoms with van der Waals surface area (Å²) in [5.41, 5.74) is -1.27. The van der Waals surface area contributed by atoms with Crippen molar-refractivity contribution < 1.29 is 26.3 Å². The highest BCUT2D eigenvalue weighted by atomic mass is 35.5. The van der Waals surface area contributed by atoms with Crippen molar-refractivity contribution in [1.82, 2.24) is 4.31 Å². The quantitative estimate of drug-likeness (QED) is 0.745. The van der Waals surface area contributed by atoms with E-state index >= 15 is 0 Å². The maximum Gasteiger partial charge on any atom is 0.417 e. The fourth-order valence-corrected chi connectivity index (χ4v) is 3.24. The number of hydrogen-bond donors (Lipinski definition) is 0. The number of rotatable bonds is 6. The van der Waals surface area contributed by atoms with E-state index in [-0.39, 0.29) is 11.6 Å². The van der Waals surface area contributed by atoms with Gasteiger partial charge in [-0.05, 0) is 24.6 Å². The Morgan fingerprint density at radius 2 is 1.95 bits per heavy atom. The van der Waals surface area contributed by atoms with Gasteiger partial charge in [-0.25, -0.2) is 12.7 Å². The molecule has 0 saturated carbocycles. The monoisotopic (exact) mass is 345 g/mol. The molecule has 4 nitrogen and oxygen atoms in total. The van der Waals surface area contributed by atoms with Crippen LogP contribution in [-0.4, -0.2) is 40.0 Å². The third-order valence-electron chi connectivity index (χ3n) is 2.76. The summed E-state index contributed by atoms with van der Waals surface area (Å²) in [6, 6.07) is 2.59. The summed E-state index contributed by atoms with van der Waals surface area (Å²) < 4.78 is 69.0. The van der Waals surface area contributed by atoms with Crippen LogP contribution in [-0.2, 0) is 20.9 Å². The number of hydrogen-bond acceptors (Lipinski definition) is 3. The summed E-state index contributed by atoms with van der Waals surface area (Å²) in [4.78, 5) is -0.806. The Hall–Kier alpha value is -0.830. The molecule has 0 heterocycles. The smallest absolute Gasteiger partial charge is 0.385 e. The fourth-order valence-electron chi connectivity index (χ4n) is 1.67. The Morgan fingerprint density at radius 3 is 2.48 bits per heavy atom. The van der Waals surface area contributed by atoms with Crippen LogP contribution >= 0.6 is 11.6 Å². The van der Waals surface area contributed by atoms with Crippen molar-refractivity contribution in [2.75, 3.05) is 27.3 Å². The number of nitrogens with zero attached hydrogens (tertiary/aromatic N) is 1. The van der Waals surface area contributed by atoms with Gasteiger partial charge in [0, 0.05) is 32.3 Å². The summed E-state index contributed by atoms with van der Waals surface area (Å²) in [7, 11) is -1.58. The number of halogens is 4. The lowest BCUT2D eigenvalue weighted by atomic mass is 10.2. The van der Waals surface area contributed by atoms with Gasteiger partial charge in [0.25, 0.3) is 0 Å². The molecule has 0 aromatic heterocycles. The third kappa shape index (κ3) is 4.57. The van der Waals surface area contributed by atoms with Crippen LogP contribution in [0.5, 0.6) is 0 Å². The molecule has 9 heteroatoms. The van der Waals surface area contributed by atoms with Crippen LogP contribution in [0.4, 0.5) is 13.2 Å². The first kappa shape index (κ1) is 18.2.